The average Bonchev–Trinajstić information content (AvgIpc) is 2.28. The molecule has 0 saturated carbocycles. The molecule has 1 atom stereocenters. The average molecular weight is 228 g/mol. The summed E-state index contributed by atoms with van der Waals surface area (Å²) >= 11 is 0. The van der Waals surface area contributed by atoms with Gasteiger partial charge in [-0.05, 0) is 45.2 Å². The molecule has 1 aliphatic rings. The Balaban J connectivity index is 2.19. The Labute approximate surface area is 97.8 Å². The highest BCUT2D eigenvalue weighted by molar-refractivity contribution is 5.76. The van der Waals surface area contributed by atoms with Gasteiger partial charge in [-0.3, -0.25) is 4.79 Å². The minimum atomic E-state index is -0.774. The molecular weight excluding hydrogens is 204 g/mol. The first-order chi connectivity index (χ1) is 7.53. The summed E-state index contributed by atoms with van der Waals surface area (Å²) < 4.78 is 0. The monoisotopic (exact) mass is 228 g/mol. The predicted octanol–water partition coefficient (Wildman–Crippen LogP) is 0.653. The van der Waals surface area contributed by atoms with E-state index in [1.54, 1.807) is 6.92 Å². The van der Waals surface area contributed by atoms with Crippen LogP contribution in [0.25, 0.3) is 0 Å². The van der Waals surface area contributed by atoms with E-state index in [0.29, 0.717) is 25.3 Å². The van der Waals surface area contributed by atoms with Crippen LogP contribution >= 0.6 is 0 Å². The summed E-state index contributed by atoms with van der Waals surface area (Å²) in [7, 11) is 0. The molecule has 1 amide bonds. The minimum Gasteiger partial charge on any atom is -0.388 e. The number of hydrogen-bond donors (Lipinski definition) is 3. The second-order valence-corrected chi connectivity index (χ2v) is 5.02. The van der Waals surface area contributed by atoms with Crippen LogP contribution in [0, 0.1) is 5.92 Å². The number of carbonyl (C=O) groups excluding carboxylic acids is 1. The number of nitrogens with one attached hydrogen (secondary N) is 2. The summed E-state index contributed by atoms with van der Waals surface area (Å²) in [6.07, 6.45) is 3.41. The molecule has 1 unspecified atom stereocenters. The first-order valence-electron chi connectivity index (χ1n) is 6.23. The lowest BCUT2D eigenvalue weighted by Gasteiger charge is -2.24. The molecule has 0 aromatic heterocycles. The van der Waals surface area contributed by atoms with Crippen LogP contribution in [-0.2, 0) is 4.79 Å². The van der Waals surface area contributed by atoms with E-state index < -0.39 is 5.60 Å². The van der Waals surface area contributed by atoms with Gasteiger partial charge in [0.2, 0.25) is 5.91 Å². The molecule has 1 fully saturated rings. The Morgan fingerprint density at radius 2 is 2.12 bits per heavy atom. The predicted molar refractivity (Wildman–Crippen MR) is 64.1 cm³/mol. The fraction of sp³-hybridized carbons (Fsp3) is 0.917. The maximum Gasteiger partial charge on any atom is 0.220 e. The minimum absolute atomic E-state index is 0.0700. The van der Waals surface area contributed by atoms with Gasteiger partial charge in [0.05, 0.1) is 5.60 Å². The molecule has 16 heavy (non-hydrogen) atoms. The number of rotatable bonds is 5. The molecule has 0 radical (unpaired) electrons. The van der Waals surface area contributed by atoms with Crippen molar-refractivity contribution in [1.29, 1.82) is 0 Å². The fourth-order valence-corrected chi connectivity index (χ4v) is 1.83. The van der Waals surface area contributed by atoms with E-state index in [2.05, 4.69) is 10.6 Å². The van der Waals surface area contributed by atoms with Gasteiger partial charge in [0, 0.05) is 13.0 Å². The third-order valence-electron chi connectivity index (χ3n) is 3.36. The van der Waals surface area contributed by atoms with Gasteiger partial charge in [-0.25, -0.2) is 0 Å². The largest absolute Gasteiger partial charge is 0.388 e. The van der Waals surface area contributed by atoms with Crippen LogP contribution in [0.15, 0.2) is 0 Å². The third-order valence-corrected chi connectivity index (χ3v) is 3.36. The number of hydrogen-bond acceptors (Lipinski definition) is 3. The Bertz CT molecular complexity index is 223. The first-order valence-corrected chi connectivity index (χ1v) is 6.23. The van der Waals surface area contributed by atoms with Gasteiger partial charge in [-0.15, -0.1) is 0 Å². The number of aliphatic hydroxyl groups is 1. The molecule has 4 heteroatoms. The highest BCUT2D eigenvalue weighted by Gasteiger charge is 2.20. The molecule has 0 bridgehead atoms. The first kappa shape index (κ1) is 13.5. The normalized spacial score (nSPS) is 21.4. The van der Waals surface area contributed by atoms with Crippen molar-refractivity contribution in [1.82, 2.24) is 10.6 Å². The molecule has 94 valence electrons. The molecule has 0 aromatic carbocycles. The lowest BCUT2D eigenvalue weighted by Crippen LogP contribution is -2.41. The molecule has 3 N–H and O–H groups in total. The van der Waals surface area contributed by atoms with Gasteiger partial charge in [-0.1, -0.05) is 6.92 Å². The van der Waals surface area contributed by atoms with Crippen LogP contribution in [0.1, 0.15) is 39.5 Å². The Morgan fingerprint density at radius 1 is 1.50 bits per heavy atom. The number of amides is 1. The Kier molecular flexibility index (Phi) is 5.22. The van der Waals surface area contributed by atoms with Crippen LogP contribution in [0.2, 0.25) is 0 Å². The van der Waals surface area contributed by atoms with Crippen molar-refractivity contribution in [3.63, 3.8) is 0 Å². The number of piperidine rings is 1. The molecule has 1 heterocycles. The van der Waals surface area contributed by atoms with Crippen molar-refractivity contribution in [2.45, 2.75) is 45.1 Å². The summed E-state index contributed by atoms with van der Waals surface area (Å²) in [5, 5.41) is 15.8. The van der Waals surface area contributed by atoms with Crippen molar-refractivity contribution in [3.8, 4) is 0 Å². The molecule has 0 spiro atoms. The van der Waals surface area contributed by atoms with E-state index in [1.807, 2.05) is 6.92 Å². The van der Waals surface area contributed by atoms with E-state index in [4.69, 9.17) is 0 Å². The quantitative estimate of drug-likeness (QED) is 0.647. The zero-order valence-electron chi connectivity index (χ0n) is 10.4. The van der Waals surface area contributed by atoms with Crippen LogP contribution in [0.3, 0.4) is 0 Å². The van der Waals surface area contributed by atoms with E-state index in [1.165, 1.54) is 0 Å². The third kappa shape index (κ3) is 4.94. The summed E-state index contributed by atoms with van der Waals surface area (Å²) in [6.45, 7) is 6.05. The second kappa shape index (κ2) is 6.21. The van der Waals surface area contributed by atoms with Crippen molar-refractivity contribution < 1.29 is 9.90 Å². The van der Waals surface area contributed by atoms with Gasteiger partial charge in [0.1, 0.15) is 0 Å². The van der Waals surface area contributed by atoms with E-state index >= 15 is 0 Å². The lowest BCUT2D eigenvalue weighted by atomic mass is 9.94. The fourth-order valence-electron chi connectivity index (χ4n) is 1.83. The lowest BCUT2D eigenvalue weighted by molar-refractivity contribution is -0.123. The molecule has 0 aliphatic carbocycles. The molecule has 0 aromatic rings. The van der Waals surface area contributed by atoms with Crippen LogP contribution in [0.5, 0.6) is 0 Å². The molecular formula is C12H24N2O2. The SMILES string of the molecule is CCC(C)(O)CNC(=O)CC1CCNCC1. The number of carbonyl (C=O) groups is 1. The van der Waals surface area contributed by atoms with E-state index in [-0.39, 0.29) is 5.91 Å². The highest BCUT2D eigenvalue weighted by Crippen LogP contribution is 2.15. The topological polar surface area (TPSA) is 61.4 Å². The van der Waals surface area contributed by atoms with Gasteiger partial charge >= 0.3 is 0 Å². The second-order valence-electron chi connectivity index (χ2n) is 5.02. The summed E-state index contributed by atoms with van der Waals surface area (Å²) in [5.41, 5.74) is -0.774. The molecule has 1 rings (SSSR count). The zero-order valence-corrected chi connectivity index (χ0v) is 10.4. The maximum absolute atomic E-state index is 11.6. The molecule has 4 nitrogen and oxygen atoms in total. The Morgan fingerprint density at radius 3 is 2.69 bits per heavy atom. The van der Waals surface area contributed by atoms with Crippen molar-refractivity contribution in [3.05, 3.63) is 0 Å². The van der Waals surface area contributed by atoms with Gasteiger partial charge in [0.15, 0.2) is 0 Å². The Hall–Kier alpha value is -0.610. The van der Waals surface area contributed by atoms with Gasteiger partial charge in [0.25, 0.3) is 0 Å². The smallest absolute Gasteiger partial charge is 0.220 e. The van der Waals surface area contributed by atoms with Crippen molar-refractivity contribution >= 4 is 5.91 Å². The van der Waals surface area contributed by atoms with Crippen molar-refractivity contribution in [2.24, 2.45) is 5.92 Å². The molecule has 1 saturated heterocycles. The van der Waals surface area contributed by atoms with E-state index in [0.717, 1.165) is 25.9 Å². The van der Waals surface area contributed by atoms with Crippen LogP contribution in [0.4, 0.5) is 0 Å². The summed E-state index contributed by atoms with van der Waals surface area (Å²) in [5.74, 6) is 0.577. The van der Waals surface area contributed by atoms with E-state index in [9.17, 15) is 9.90 Å². The maximum atomic E-state index is 11.6. The summed E-state index contributed by atoms with van der Waals surface area (Å²) in [4.78, 5) is 11.6. The molecule has 1 aliphatic heterocycles. The van der Waals surface area contributed by atoms with Gasteiger partial charge in [-0.2, -0.15) is 0 Å². The zero-order chi connectivity index (χ0) is 12.0. The highest BCUT2D eigenvalue weighted by atomic mass is 16.3. The summed E-state index contributed by atoms with van der Waals surface area (Å²) in [6, 6.07) is 0. The van der Waals surface area contributed by atoms with Crippen molar-refractivity contribution in [2.75, 3.05) is 19.6 Å². The van der Waals surface area contributed by atoms with Crippen LogP contribution < -0.4 is 10.6 Å². The van der Waals surface area contributed by atoms with Crippen LogP contribution in [-0.4, -0.2) is 36.2 Å². The standard InChI is InChI=1S/C12H24N2O2/c1-3-12(2,16)9-14-11(15)8-10-4-6-13-7-5-10/h10,13,16H,3-9H2,1-2H3,(H,14,15). The van der Waals surface area contributed by atoms with Gasteiger partial charge < -0.3 is 15.7 Å².